The van der Waals surface area contributed by atoms with Crippen LogP contribution in [0.2, 0.25) is 0 Å². The number of aromatic nitrogens is 2. The van der Waals surface area contributed by atoms with E-state index in [4.69, 9.17) is 0 Å². The van der Waals surface area contributed by atoms with Crippen molar-refractivity contribution in [2.24, 2.45) is 0 Å². The Morgan fingerprint density at radius 1 is 1.16 bits per heavy atom. The summed E-state index contributed by atoms with van der Waals surface area (Å²) in [7, 11) is -3.58. The van der Waals surface area contributed by atoms with Gasteiger partial charge in [-0.3, -0.25) is 0 Å². The Morgan fingerprint density at radius 2 is 1.80 bits per heavy atom. The van der Waals surface area contributed by atoms with Crippen LogP contribution in [0.25, 0.3) is 5.69 Å². The Morgan fingerprint density at radius 3 is 2.40 bits per heavy atom. The minimum absolute atomic E-state index is 0.00771. The van der Waals surface area contributed by atoms with E-state index in [2.05, 4.69) is 21.6 Å². The standard InChI is InChI=1S/C18H26N4O2S/c1-4-21-12-10-16(11-13-21)20-25(23,24)18-14(2)19-22(15(18)3)17-8-6-5-7-9-17/h5-9,16,20H,4,10-13H2,1-3H3. The third-order valence-electron chi connectivity index (χ3n) is 4.85. The van der Waals surface area contributed by atoms with Gasteiger partial charge in [-0.25, -0.2) is 17.8 Å². The van der Waals surface area contributed by atoms with Crippen LogP contribution < -0.4 is 4.72 Å². The molecule has 1 aliphatic rings. The number of nitrogens with one attached hydrogen (secondary N) is 1. The lowest BCUT2D eigenvalue weighted by Gasteiger charge is -2.31. The molecule has 0 saturated carbocycles. The van der Waals surface area contributed by atoms with Gasteiger partial charge in [0.05, 0.1) is 17.1 Å². The molecular weight excluding hydrogens is 336 g/mol. The number of nitrogens with zero attached hydrogens (tertiary/aromatic N) is 3. The lowest BCUT2D eigenvalue weighted by Crippen LogP contribution is -2.44. The van der Waals surface area contributed by atoms with Crippen LogP contribution in [-0.2, 0) is 10.0 Å². The van der Waals surface area contributed by atoms with Crippen molar-refractivity contribution >= 4 is 10.0 Å². The summed E-state index contributed by atoms with van der Waals surface area (Å²) in [4.78, 5) is 2.64. The van der Waals surface area contributed by atoms with Crippen molar-refractivity contribution in [1.29, 1.82) is 0 Å². The molecule has 0 aliphatic carbocycles. The molecule has 0 spiro atoms. The van der Waals surface area contributed by atoms with E-state index >= 15 is 0 Å². The van der Waals surface area contributed by atoms with E-state index in [0.29, 0.717) is 16.3 Å². The highest BCUT2D eigenvalue weighted by atomic mass is 32.2. The predicted molar refractivity (Wildman–Crippen MR) is 98.5 cm³/mol. The predicted octanol–water partition coefficient (Wildman–Crippen LogP) is 2.25. The molecule has 0 unspecified atom stereocenters. The molecule has 0 atom stereocenters. The Balaban J connectivity index is 1.85. The number of para-hydroxylation sites is 1. The topological polar surface area (TPSA) is 67.2 Å². The molecule has 25 heavy (non-hydrogen) atoms. The molecule has 7 heteroatoms. The zero-order valence-corrected chi connectivity index (χ0v) is 15.9. The van der Waals surface area contributed by atoms with E-state index < -0.39 is 10.0 Å². The Kier molecular flexibility index (Phi) is 5.27. The average molecular weight is 362 g/mol. The lowest BCUT2D eigenvalue weighted by molar-refractivity contribution is 0.217. The number of sulfonamides is 1. The highest BCUT2D eigenvalue weighted by molar-refractivity contribution is 7.89. The molecule has 136 valence electrons. The average Bonchev–Trinajstić information content (AvgIpc) is 2.91. The number of rotatable bonds is 5. The molecule has 2 aromatic rings. The normalized spacial score (nSPS) is 17.1. The largest absolute Gasteiger partial charge is 0.303 e. The summed E-state index contributed by atoms with van der Waals surface area (Å²) < 4.78 is 30.5. The first-order valence-electron chi connectivity index (χ1n) is 8.78. The molecule has 1 aromatic heterocycles. The molecule has 1 fully saturated rings. The van der Waals surface area contributed by atoms with Gasteiger partial charge < -0.3 is 4.90 Å². The summed E-state index contributed by atoms with van der Waals surface area (Å²) in [6, 6.07) is 9.59. The van der Waals surface area contributed by atoms with Crippen molar-refractivity contribution in [2.75, 3.05) is 19.6 Å². The summed E-state index contributed by atoms with van der Waals surface area (Å²) in [5.41, 5.74) is 2.03. The van der Waals surface area contributed by atoms with Gasteiger partial charge in [-0.15, -0.1) is 0 Å². The van der Waals surface area contributed by atoms with Crippen molar-refractivity contribution in [2.45, 2.75) is 44.6 Å². The first-order valence-corrected chi connectivity index (χ1v) is 10.3. The number of benzene rings is 1. The zero-order valence-electron chi connectivity index (χ0n) is 15.1. The molecule has 3 rings (SSSR count). The fourth-order valence-corrected chi connectivity index (χ4v) is 5.18. The second kappa shape index (κ2) is 7.27. The summed E-state index contributed by atoms with van der Waals surface area (Å²) in [5, 5.41) is 4.45. The Labute approximate surface area is 149 Å². The maximum atomic E-state index is 13.0. The molecule has 0 bridgehead atoms. The fraction of sp³-hybridized carbons (Fsp3) is 0.500. The maximum absolute atomic E-state index is 13.0. The molecule has 6 nitrogen and oxygen atoms in total. The van der Waals surface area contributed by atoms with Crippen LogP contribution in [0.1, 0.15) is 31.2 Å². The number of hydrogen-bond acceptors (Lipinski definition) is 4. The number of piperidine rings is 1. The fourth-order valence-electron chi connectivity index (χ4n) is 3.48. The van der Waals surface area contributed by atoms with Crippen molar-refractivity contribution in [3.8, 4) is 5.69 Å². The number of likely N-dealkylation sites (tertiary alicyclic amines) is 1. The second-order valence-electron chi connectivity index (χ2n) is 6.58. The van der Waals surface area contributed by atoms with Crippen molar-refractivity contribution in [3.05, 3.63) is 41.7 Å². The first-order chi connectivity index (χ1) is 11.9. The van der Waals surface area contributed by atoms with E-state index in [9.17, 15) is 8.42 Å². The van der Waals surface area contributed by atoms with Gasteiger partial charge in [-0.2, -0.15) is 5.10 Å². The highest BCUT2D eigenvalue weighted by Gasteiger charge is 2.29. The second-order valence-corrected chi connectivity index (χ2v) is 8.23. The smallest absolute Gasteiger partial charge is 0.244 e. The molecular formula is C18H26N4O2S. The Bertz CT molecular complexity index is 822. The molecule has 0 amide bonds. The zero-order chi connectivity index (χ0) is 18.0. The Hall–Kier alpha value is -1.70. The van der Waals surface area contributed by atoms with Crippen molar-refractivity contribution in [3.63, 3.8) is 0 Å². The van der Waals surface area contributed by atoms with E-state index in [1.54, 1.807) is 18.5 Å². The van der Waals surface area contributed by atoms with E-state index in [1.165, 1.54) is 0 Å². The van der Waals surface area contributed by atoms with E-state index in [1.807, 2.05) is 30.3 Å². The molecule has 0 radical (unpaired) electrons. The quantitative estimate of drug-likeness (QED) is 0.886. The van der Waals surface area contributed by atoms with Gasteiger partial charge in [0.1, 0.15) is 4.90 Å². The van der Waals surface area contributed by atoms with Crippen molar-refractivity contribution < 1.29 is 8.42 Å². The summed E-state index contributed by atoms with van der Waals surface area (Å²) in [6.45, 7) is 8.58. The van der Waals surface area contributed by atoms with Gasteiger partial charge in [0.2, 0.25) is 10.0 Å². The molecule has 1 aliphatic heterocycles. The van der Waals surface area contributed by atoms with Gasteiger partial charge in [0, 0.05) is 6.04 Å². The minimum atomic E-state index is -3.58. The maximum Gasteiger partial charge on any atom is 0.244 e. The van der Waals surface area contributed by atoms with Gasteiger partial charge in [-0.1, -0.05) is 25.1 Å². The third-order valence-corrected chi connectivity index (χ3v) is 6.62. The number of hydrogen-bond donors (Lipinski definition) is 1. The van der Waals surface area contributed by atoms with Crippen LogP contribution in [0.5, 0.6) is 0 Å². The minimum Gasteiger partial charge on any atom is -0.303 e. The lowest BCUT2D eigenvalue weighted by atomic mass is 10.1. The molecule has 1 saturated heterocycles. The van der Waals surface area contributed by atoms with Gasteiger partial charge in [-0.05, 0) is 58.5 Å². The van der Waals surface area contributed by atoms with Crippen LogP contribution in [0, 0.1) is 13.8 Å². The monoisotopic (exact) mass is 362 g/mol. The van der Waals surface area contributed by atoms with Crippen LogP contribution >= 0.6 is 0 Å². The molecule has 1 aromatic carbocycles. The van der Waals surface area contributed by atoms with Gasteiger partial charge in [0.25, 0.3) is 0 Å². The number of aryl methyl sites for hydroxylation is 1. The van der Waals surface area contributed by atoms with Gasteiger partial charge >= 0.3 is 0 Å². The van der Waals surface area contributed by atoms with Crippen LogP contribution in [-0.4, -0.2) is 48.8 Å². The summed E-state index contributed by atoms with van der Waals surface area (Å²) in [6.07, 6.45) is 1.69. The highest BCUT2D eigenvalue weighted by Crippen LogP contribution is 2.23. The van der Waals surface area contributed by atoms with Gasteiger partial charge in [0.15, 0.2) is 0 Å². The first kappa shape index (κ1) is 18.1. The summed E-state index contributed by atoms with van der Waals surface area (Å²) in [5.74, 6) is 0. The van der Waals surface area contributed by atoms with Crippen molar-refractivity contribution in [1.82, 2.24) is 19.4 Å². The van der Waals surface area contributed by atoms with Crippen LogP contribution in [0.3, 0.4) is 0 Å². The SMILES string of the molecule is CCN1CCC(NS(=O)(=O)c2c(C)nn(-c3ccccc3)c2C)CC1. The third kappa shape index (κ3) is 3.78. The van der Waals surface area contributed by atoms with E-state index in [-0.39, 0.29) is 6.04 Å². The van der Waals surface area contributed by atoms with Crippen LogP contribution in [0.4, 0.5) is 0 Å². The molecule has 2 heterocycles. The van der Waals surface area contributed by atoms with Crippen LogP contribution in [0.15, 0.2) is 35.2 Å². The summed E-state index contributed by atoms with van der Waals surface area (Å²) >= 11 is 0. The van der Waals surface area contributed by atoms with E-state index in [0.717, 1.165) is 38.2 Å². The molecule has 1 N–H and O–H groups in total.